The van der Waals surface area contributed by atoms with Crippen molar-refractivity contribution in [3.8, 4) is 5.75 Å². The number of amides is 1. The van der Waals surface area contributed by atoms with Crippen molar-refractivity contribution in [3.05, 3.63) is 87.9 Å². The SMILES string of the molecule is Cc1ccc(S(=O)(=O)N(CC(=O)NC2CC(C)(C)Oc3cc(C)ccc32)c2ccc(C)c(Cl)c2)cc1. The molecule has 1 atom stereocenters. The minimum absolute atomic E-state index is 0.102. The summed E-state index contributed by atoms with van der Waals surface area (Å²) in [6, 6.07) is 17.1. The number of aryl methyl sites for hydroxylation is 3. The van der Waals surface area contributed by atoms with Crippen molar-refractivity contribution in [1.82, 2.24) is 5.32 Å². The summed E-state index contributed by atoms with van der Waals surface area (Å²) in [4.78, 5) is 13.5. The molecule has 0 bridgehead atoms. The van der Waals surface area contributed by atoms with E-state index in [2.05, 4.69) is 5.32 Å². The lowest BCUT2D eigenvalue weighted by Gasteiger charge is -2.38. The van der Waals surface area contributed by atoms with Crippen LogP contribution in [0.1, 0.15) is 48.6 Å². The molecule has 1 aliphatic heterocycles. The van der Waals surface area contributed by atoms with Gasteiger partial charge in [-0.15, -0.1) is 0 Å². The topological polar surface area (TPSA) is 75.7 Å². The van der Waals surface area contributed by atoms with Gasteiger partial charge in [0.25, 0.3) is 10.0 Å². The van der Waals surface area contributed by atoms with E-state index in [1.54, 1.807) is 42.5 Å². The highest BCUT2D eigenvalue weighted by Gasteiger charge is 2.35. The number of fused-ring (bicyclic) bond motifs is 1. The quantitative estimate of drug-likeness (QED) is 0.435. The van der Waals surface area contributed by atoms with Gasteiger partial charge in [-0.05, 0) is 76.1 Å². The van der Waals surface area contributed by atoms with E-state index in [4.69, 9.17) is 16.3 Å². The number of carbonyl (C=O) groups is 1. The molecule has 1 amide bonds. The lowest BCUT2D eigenvalue weighted by molar-refractivity contribution is -0.120. The molecule has 0 spiro atoms. The Kier molecular flexibility index (Phi) is 7.08. The molecule has 3 aromatic rings. The third-order valence-corrected chi connectivity index (χ3v) is 8.50. The number of rotatable bonds is 6. The van der Waals surface area contributed by atoms with E-state index < -0.39 is 28.1 Å². The summed E-state index contributed by atoms with van der Waals surface area (Å²) in [5.74, 6) is 0.308. The molecule has 6 nitrogen and oxygen atoms in total. The van der Waals surface area contributed by atoms with E-state index in [1.165, 1.54) is 0 Å². The maximum atomic E-state index is 13.7. The first-order valence-corrected chi connectivity index (χ1v) is 13.6. The van der Waals surface area contributed by atoms with Crippen LogP contribution in [0.2, 0.25) is 5.02 Å². The van der Waals surface area contributed by atoms with Crippen LogP contribution >= 0.6 is 11.6 Å². The van der Waals surface area contributed by atoms with Gasteiger partial charge in [0.2, 0.25) is 5.91 Å². The molecule has 1 unspecified atom stereocenters. The van der Waals surface area contributed by atoms with Gasteiger partial charge in [0.15, 0.2) is 0 Å². The van der Waals surface area contributed by atoms with Crippen molar-refractivity contribution in [3.63, 3.8) is 0 Å². The minimum atomic E-state index is -4.04. The standard InChI is InChI=1S/C28H31ClN2O4S/c1-18-6-11-22(12-7-18)36(33,34)31(21-10-9-20(3)24(29)15-21)17-27(32)30-25-16-28(4,5)35-26-14-19(2)8-13-23(25)26/h6-15,25H,16-17H2,1-5H3,(H,30,32). The molecule has 1 aliphatic rings. The van der Waals surface area contributed by atoms with Crippen molar-refractivity contribution in [2.45, 2.75) is 57.6 Å². The Hall–Kier alpha value is -3.03. The highest BCUT2D eigenvalue weighted by molar-refractivity contribution is 7.92. The Balaban J connectivity index is 1.67. The first-order valence-electron chi connectivity index (χ1n) is 11.8. The first kappa shape index (κ1) is 26.0. The molecular weight excluding hydrogens is 496 g/mol. The molecule has 36 heavy (non-hydrogen) atoms. The number of anilines is 1. The van der Waals surface area contributed by atoms with Gasteiger partial charge < -0.3 is 10.1 Å². The number of halogens is 1. The molecule has 4 rings (SSSR count). The van der Waals surface area contributed by atoms with Gasteiger partial charge in [-0.2, -0.15) is 0 Å². The smallest absolute Gasteiger partial charge is 0.264 e. The third kappa shape index (κ3) is 5.52. The van der Waals surface area contributed by atoms with Gasteiger partial charge >= 0.3 is 0 Å². The molecule has 1 N–H and O–H groups in total. The molecule has 3 aromatic carbocycles. The van der Waals surface area contributed by atoms with Crippen LogP contribution in [0.25, 0.3) is 0 Å². The summed E-state index contributed by atoms with van der Waals surface area (Å²) in [6.45, 7) is 9.26. The molecule has 190 valence electrons. The molecule has 0 radical (unpaired) electrons. The maximum absolute atomic E-state index is 13.7. The van der Waals surface area contributed by atoms with Crippen LogP contribution in [-0.4, -0.2) is 26.5 Å². The Morgan fingerprint density at radius 2 is 1.69 bits per heavy atom. The predicted octanol–water partition coefficient (Wildman–Crippen LogP) is 5.88. The highest BCUT2D eigenvalue weighted by atomic mass is 35.5. The fourth-order valence-electron chi connectivity index (χ4n) is 4.35. The summed E-state index contributed by atoms with van der Waals surface area (Å²) < 4.78 is 34.6. The monoisotopic (exact) mass is 526 g/mol. The third-order valence-electron chi connectivity index (χ3n) is 6.30. The second kappa shape index (κ2) is 9.79. The molecule has 8 heteroatoms. The average Bonchev–Trinajstić information content (AvgIpc) is 2.78. The fourth-order valence-corrected chi connectivity index (χ4v) is 5.93. The Bertz CT molecular complexity index is 1400. The number of carbonyl (C=O) groups excluding carboxylic acids is 1. The Morgan fingerprint density at radius 3 is 2.36 bits per heavy atom. The molecule has 0 saturated carbocycles. The molecule has 0 aliphatic carbocycles. The van der Waals surface area contributed by atoms with Crippen molar-refractivity contribution in [2.24, 2.45) is 0 Å². The maximum Gasteiger partial charge on any atom is 0.264 e. The molecule has 0 aromatic heterocycles. The van der Waals surface area contributed by atoms with Crippen LogP contribution in [0.5, 0.6) is 5.75 Å². The molecule has 0 saturated heterocycles. The summed E-state index contributed by atoms with van der Waals surface area (Å²) >= 11 is 6.33. The van der Waals surface area contributed by atoms with Crippen LogP contribution in [0.4, 0.5) is 5.69 Å². The summed E-state index contributed by atoms with van der Waals surface area (Å²) in [5, 5.41) is 3.47. The zero-order valence-electron chi connectivity index (χ0n) is 21.1. The second-order valence-corrected chi connectivity index (χ2v) is 12.3. The first-order chi connectivity index (χ1) is 16.9. The van der Waals surface area contributed by atoms with Gasteiger partial charge in [-0.25, -0.2) is 8.42 Å². The van der Waals surface area contributed by atoms with E-state index in [1.807, 2.05) is 52.8 Å². The van der Waals surface area contributed by atoms with Crippen LogP contribution in [0, 0.1) is 20.8 Å². The van der Waals surface area contributed by atoms with Crippen molar-refractivity contribution >= 4 is 33.2 Å². The Morgan fingerprint density at radius 1 is 1.03 bits per heavy atom. The van der Waals surface area contributed by atoms with Crippen LogP contribution < -0.4 is 14.4 Å². The number of nitrogens with zero attached hydrogens (tertiary/aromatic N) is 1. The van der Waals surface area contributed by atoms with E-state index in [0.29, 0.717) is 17.1 Å². The Labute approximate surface area is 218 Å². The molecule has 1 heterocycles. The van der Waals surface area contributed by atoms with E-state index in [9.17, 15) is 13.2 Å². The lowest BCUT2D eigenvalue weighted by Crippen LogP contribution is -2.45. The molecule has 0 fully saturated rings. The van der Waals surface area contributed by atoms with Gasteiger partial charge in [-0.3, -0.25) is 9.10 Å². The van der Waals surface area contributed by atoms with E-state index in [-0.39, 0.29) is 10.9 Å². The van der Waals surface area contributed by atoms with Gasteiger partial charge in [0.05, 0.1) is 16.6 Å². The lowest BCUT2D eigenvalue weighted by atomic mass is 9.89. The normalized spacial score (nSPS) is 16.6. The van der Waals surface area contributed by atoms with Crippen LogP contribution in [0.3, 0.4) is 0 Å². The van der Waals surface area contributed by atoms with Crippen molar-refractivity contribution in [1.29, 1.82) is 0 Å². The van der Waals surface area contributed by atoms with E-state index >= 15 is 0 Å². The summed E-state index contributed by atoms with van der Waals surface area (Å²) in [7, 11) is -4.04. The van der Waals surface area contributed by atoms with Crippen LogP contribution in [-0.2, 0) is 14.8 Å². The van der Waals surface area contributed by atoms with Gasteiger partial charge in [0, 0.05) is 17.0 Å². The number of benzene rings is 3. The van der Waals surface area contributed by atoms with Crippen molar-refractivity contribution < 1.29 is 17.9 Å². The highest BCUT2D eigenvalue weighted by Crippen LogP contribution is 2.40. The second-order valence-electron chi connectivity index (χ2n) is 9.99. The fraction of sp³-hybridized carbons (Fsp3) is 0.321. The largest absolute Gasteiger partial charge is 0.487 e. The van der Waals surface area contributed by atoms with Gasteiger partial charge in [-0.1, -0.05) is 47.5 Å². The zero-order chi connectivity index (χ0) is 26.3. The predicted molar refractivity (Wildman–Crippen MR) is 143 cm³/mol. The van der Waals surface area contributed by atoms with Crippen LogP contribution in [0.15, 0.2) is 65.6 Å². The summed E-state index contributed by atoms with van der Waals surface area (Å²) in [5.41, 5.74) is 3.52. The number of nitrogens with one attached hydrogen (secondary N) is 1. The number of ether oxygens (including phenoxy) is 1. The number of hydrogen-bond acceptors (Lipinski definition) is 4. The van der Waals surface area contributed by atoms with E-state index in [0.717, 1.165) is 32.3 Å². The average molecular weight is 527 g/mol. The number of sulfonamides is 1. The molecular formula is C28H31ClN2O4S. The zero-order valence-corrected chi connectivity index (χ0v) is 22.7. The van der Waals surface area contributed by atoms with Gasteiger partial charge in [0.1, 0.15) is 17.9 Å². The number of hydrogen-bond donors (Lipinski definition) is 1. The minimum Gasteiger partial charge on any atom is -0.487 e. The summed E-state index contributed by atoms with van der Waals surface area (Å²) in [6.07, 6.45) is 0.551. The van der Waals surface area contributed by atoms with Crippen molar-refractivity contribution in [2.75, 3.05) is 10.8 Å².